The Bertz CT molecular complexity index is 603. The topological polar surface area (TPSA) is 29.1 Å². The summed E-state index contributed by atoms with van der Waals surface area (Å²) < 4.78 is 14.8. The Morgan fingerprint density at radius 3 is 2.26 bits per heavy atom. The minimum atomic E-state index is -0.370. The number of benzene rings is 2. The van der Waals surface area contributed by atoms with Gasteiger partial charge in [-0.05, 0) is 48.9 Å². The van der Waals surface area contributed by atoms with E-state index in [1.165, 1.54) is 12.1 Å². The molecule has 0 bridgehead atoms. The van der Waals surface area contributed by atoms with E-state index in [-0.39, 0.29) is 11.7 Å². The molecule has 2 nitrogen and oxygen atoms in total. The van der Waals surface area contributed by atoms with Crippen LogP contribution in [0.25, 0.3) is 0 Å². The maximum atomic E-state index is 13.2. The molecule has 0 saturated heterocycles. The molecule has 1 N–H and O–H groups in total. The van der Waals surface area contributed by atoms with Crippen LogP contribution in [-0.4, -0.2) is 5.91 Å². The molecule has 0 aliphatic rings. The normalized spacial score (nSPS) is 10.3. The van der Waals surface area contributed by atoms with Gasteiger partial charge < -0.3 is 5.32 Å². The lowest BCUT2D eigenvalue weighted by atomic mass is 10.2. The average molecular weight is 387 g/mol. The van der Waals surface area contributed by atoms with E-state index in [0.717, 1.165) is 14.5 Å². The number of amides is 1. The smallest absolute Gasteiger partial charge is 0.255 e. The molecule has 0 fully saturated rings. The third-order valence-electron chi connectivity index (χ3n) is 2.42. The second-order valence-electron chi connectivity index (χ2n) is 4.13. The number of hydrogen-bond acceptors (Lipinski definition) is 1. The van der Waals surface area contributed by atoms with Gasteiger partial charge in [-0.15, -0.1) is 0 Å². The van der Waals surface area contributed by atoms with Gasteiger partial charge in [0.2, 0.25) is 0 Å². The number of anilines is 1. The van der Waals surface area contributed by atoms with Gasteiger partial charge in [-0.3, -0.25) is 4.79 Å². The van der Waals surface area contributed by atoms with Crippen molar-refractivity contribution in [2.75, 3.05) is 5.32 Å². The van der Waals surface area contributed by atoms with E-state index in [4.69, 9.17) is 0 Å². The molecule has 2 aromatic carbocycles. The molecule has 5 heteroatoms. The Morgan fingerprint density at radius 1 is 1.05 bits per heavy atom. The van der Waals surface area contributed by atoms with Crippen LogP contribution in [0.2, 0.25) is 0 Å². The van der Waals surface area contributed by atoms with Crippen LogP contribution in [-0.2, 0) is 0 Å². The van der Waals surface area contributed by atoms with Crippen LogP contribution in [0.4, 0.5) is 10.1 Å². The van der Waals surface area contributed by atoms with Crippen LogP contribution < -0.4 is 5.32 Å². The summed E-state index contributed by atoms with van der Waals surface area (Å²) in [6.07, 6.45) is 0. The van der Waals surface area contributed by atoms with Crippen LogP contribution in [0.1, 0.15) is 15.9 Å². The number of hydrogen-bond donors (Lipinski definition) is 1. The molecule has 0 unspecified atom stereocenters. The molecule has 19 heavy (non-hydrogen) atoms. The van der Waals surface area contributed by atoms with Crippen molar-refractivity contribution < 1.29 is 9.18 Å². The monoisotopic (exact) mass is 385 g/mol. The van der Waals surface area contributed by atoms with Crippen LogP contribution in [0.5, 0.6) is 0 Å². The van der Waals surface area contributed by atoms with Gasteiger partial charge in [-0.2, -0.15) is 0 Å². The summed E-state index contributed by atoms with van der Waals surface area (Å²) in [6, 6.07) is 9.65. The van der Waals surface area contributed by atoms with Gasteiger partial charge in [0.15, 0.2) is 0 Å². The highest BCUT2D eigenvalue weighted by Crippen LogP contribution is 2.21. The third-order valence-corrected chi connectivity index (χ3v) is 3.34. The molecule has 0 atom stereocenters. The first-order chi connectivity index (χ1) is 8.94. The molecule has 0 aromatic heterocycles. The maximum absolute atomic E-state index is 13.2. The fourth-order valence-electron chi connectivity index (χ4n) is 1.70. The van der Waals surface area contributed by atoms with Crippen molar-refractivity contribution in [3.8, 4) is 0 Å². The van der Waals surface area contributed by atoms with Crippen molar-refractivity contribution in [1.82, 2.24) is 0 Å². The van der Waals surface area contributed by atoms with Crippen molar-refractivity contribution in [3.63, 3.8) is 0 Å². The Labute approximate surface area is 127 Å². The van der Waals surface area contributed by atoms with E-state index in [9.17, 15) is 9.18 Å². The van der Waals surface area contributed by atoms with Gasteiger partial charge in [-0.1, -0.05) is 31.9 Å². The highest BCUT2D eigenvalue weighted by Gasteiger charge is 2.09. The molecule has 2 rings (SSSR count). The third kappa shape index (κ3) is 3.88. The standard InChI is InChI=1S/C14H10Br2FNO/c1-8-2-12(17)7-13(3-8)18-14(19)9-4-10(15)6-11(16)5-9/h2-7H,1H3,(H,18,19). The second kappa shape index (κ2) is 5.84. The number of carbonyl (C=O) groups excluding carboxylic acids is 1. The van der Waals surface area contributed by atoms with Gasteiger partial charge in [-0.25, -0.2) is 4.39 Å². The molecular formula is C14H10Br2FNO. The Balaban J connectivity index is 2.25. The molecule has 0 saturated carbocycles. The fourth-order valence-corrected chi connectivity index (χ4v) is 2.99. The summed E-state index contributed by atoms with van der Waals surface area (Å²) in [5, 5.41) is 2.67. The van der Waals surface area contributed by atoms with Crippen LogP contribution in [0.15, 0.2) is 45.3 Å². The number of halogens is 3. The van der Waals surface area contributed by atoms with Crippen molar-refractivity contribution >= 4 is 43.5 Å². The van der Waals surface area contributed by atoms with E-state index < -0.39 is 0 Å². The molecule has 2 aromatic rings. The second-order valence-corrected chi connectivity index (χ2v) is 5.96. The summed E-state index contributed by atoms with van der Waals surface area (Å²) in [4.78, 5) is 12.1. The summed E-state index contributed by atoms with van der Waals surface area (Å²) in [5.41, 5.74) is 1.69. The summed E-state index contributed by atoms with van der Waals surface area (Å²) in [5.74, 6) is -0.655. The first kappa shape index (κ1) is 14.2. The zero-order chi connectivity index (χ0) is 14.0. The molecule has 0 aliphatic heterocycles. The Morgan fingerprint density at radius 2 is 1.68 bits per heavy atom. The number of aryl methyl sites for hydroxylation is 1. The molecule has 0 aliphatic carbocycles. The summed E-state index contributed by atoms with van der Waals surface area (Å²) >= 11 is 6.64. The van der Waals surface area contributed by atoms with Crippen LogP contribution in [0.3, 0.4) is 0 Å². The predicted octanol–water partition coefficient (Wildman–Crippen LogP) is 4.91. The average Bonchev–Trinajstić information content (AvgIpc) is 2.25. The van der Waals surface area contributed by atoms with E-state index in [0.29, 0.717) is 11.3 Å². The lowest BCUT2D eigenvalue weighted by Crippen LogP contribution is -2.12. The minimum absolute atomic E-state index is 0.285. The molecule has 98 valence electrons. The Kier molecular flexibility index (Phi) is 4.37. The van der Waals surface area contributed by atoms with E-state index in [1.807, 2.05) is 6.07 Å². The van der Waals surface area contributed by atoms with Crippen molar-refractivity contribution in [2.24, 2.45) is 0 Å². The molecule has 1 amide bonds. The summed E-state index contributed by atoms with van der Waals surface area (Å²) in [7, 11) is 0. The van der Waals surface area contributed by atoms with Gasteiger partial charge >= 0.3 is 0 Å². The van der Waals surface area contributed by atoms with Crippen molar-refractivity contribution in [1.29, 1.82) is 0 Å². The first-order valence-corrected chi connectivity index (χ1v) is 7.07. The number of rotatable bonds is 2. The lowest BCUT2D eigenvalue weighted by Gasteiger charge is -2.07. The zero-order valence-corrected chi connectivity index (χ0v) is 13.2. The van der Waals surface area contributed by atoms with Gasteiger partial charge in [0.25, 0.3) is 5.91 Å². The zero-order valence-electron chi connectivity index (χ0n) is 10.0. The highest BCUT2D eigenvalue weighted by molar-refractivity contribution is 9.11. The lowest BCUT2D eigenvalue weighted by molar-refractivity contribution is 0.102. The maximum Gasteiger partial charge on any atom is 0.255 e. The van der Waals surface area contributed by atoms with Gasteiger partial charge in [0, 0.05) is 20.2 Å². The van der Waals surface area contributed by atoms with E-state index in [1.54, 1.807) is 25.1 Å². The van der Waals surface area contributed by atoms with Gasteiger partial charge in [0.1, 0.15) is 5.82 Å². The first-order valence-electron chi connectivity index (χ1n) is 5.49. The molecular weight excluding hydrogens is 377 g/mol. The van der Waals surface area contributed by atoms with Crippen molar-refractivity contribution in [3.05, 3.63) is 62.3 Å². The SMILES string of the molecule is Cc1cc(F)cc(NC(=O)c2cc(Br)cc(Br)c2)c1. The van der Waals surface area contributed by atoms with E-state index in [2.05, 4.69) is 37.2 Å². The Hall–Kier alpha value is -1.20. The molecule has 0 radical (unpaired) electrons. The van der Waals surface area contributed by atoms with Crippen LogP contribution >= 0.6 is 31.9 Å². The number of carbonyl (C=O) groups is 1. The van der Waals surface area contributed by atoms with Crippen molar-refractivity contribution in [2.45, 2.75) is 6.92 Å². The molecule has 0 heterocycles. The minimum Gasteiger partial charge on any atom is -0.322 e. The summed E-state index contributed by atoms with van der Waals surface area (Å²) in [6.45, 7) is 1.77. The highest BCUT2D eigenvalue weighted by atomic mass is 79.9. The van der Waals surface area contributed by atoms with E-state index >= 15 is 0 Å². The fraction of sp³-hybridized carbons (Fsp3) is 0.0714. The largest absolute Gasteiger partial charge is 0.322 e. The van der Waals surface area contributed by atoms with Gasteiger partial charge in [0.05, 0.1) is 0 Å². The predicted molar refractivity (Wildman–Crippen MR) is 80.9 cm³/mol. The van der Waals surface area contributed by atoms with Crippen LogP contribution in [0, 0.1) is 12.7 Å². The number of nitrogens with one attached hydrogen (secondary N) is 1. The molecule has 0 spiro atoms. The quantitative estimate of drug-likeness (QED) is 0.780.